The number of piperidine rings is 1. The second-order valence-corrected chi connectivity index (χ2v) is 4.89. The van der Waals surface area contributed by atoms with Crippen molar-refractivity contribution in [3.8, 4) is 6.07 Å². The summed E-state index contributed by atoms with van der Waals surface area (Å²) < 4.78 is 2.10. The van der Waals surface area contributed by atoms with E-state index in [0.29, 0.717) is 11.3 Å². The zero-order valence-corrected chi connectivity index (χ0v) is 8.07. The maximum Gasteiger partial charge on any atom is 0.104 e. The van der Waals surface area contributed by atoms with Gasteiger partial charge < -0.3 is 0 Å². The molecule has 1 unspecified atom stereocenters. The monoisotopic (exact) mass is 168 g/mol. The largest absolute Gasteiger partial charge is 0.271 e. The first-order valence-corrected chi connectivity index (χ1v) is 4.51. The van der Waals surface area contributed by atoms with E-state index in [1.54, 1.807) is 0 Å². The Morgan fingerprint density at radius 3 is 2.64 bits per heavy atom. The Balaban J connectivity index is 2.18. The average molecular weight is 168 g/mol. The van der Waals surface area contributed by atoms with Gasteiger partial charge in [-0.15, -0.1) is 0 Å². The highest BCUT2D eigenvalue weighted by atomic mass is 31.0. The lowest BCUT2D eigenvalue weighted by Gasteiger charge is -2.20. The fraction of sp³-hybridized carbons (Fsp3) is 0.875. The maximum absolute atomic E-state index is 8.86. The summed E-state index contributed by atoms with van der Waals surface area (Å²) in [6.07, 6.45) is 0. The van der Waals surface area contributed by atoms with Crippen molar-refractivity contribution in [2.24, 2.45) is 17.3 Å². The molecule has 11 heavy (non-hydrogen) atoms. The van der Waals surface area contributed by atoms with Crippen LogP contribution in [0.25, 0.3) is 0 Å². The summed E-state index contributed by atoms with van der Waals surface area (Å²) in [5.41, 5.74) is 0.438. The van der Waals surface area contributed by atoms with Crippen LogP contribution in [-0.2, 0) is 0 Å². The second kappa shape index (κ2) is 1.97. The van der Waals surface area contributed by atoms with Crippen molar-refractivity contribution in [3.05, 3.63) is 0 Å². The number of hydrogen-bond acceptors (Lipinski definition) is 2. The minimum Gasteiger partial charge on any atom is -0.271 e. The summed E-state index contributed by atoms with van der Waals surface area (Å²) in [4.78, 5) is 0. The molecule has 0 spiro atoms. The molecule has 2 rings (SSSR count). The Morgan fingerprint density at radius 1 is 1.64 bits per heavy atom. The first-order chi connectivity index (χ1) is 5.09. The molecular weight excluding hydrogens is 155 g/mol. The predicted octanol–water partition coefficient (Wildman–Crippen LogP) is 1.26. The van der Waals surface area contributed by atoms with E-state index < -0.39 is 0 Å². The highest BCUT2D eigenvalue weighted by Crippen LogP contribution is 2.65. The Hall–Kier alpha value is -0.120. The second-order valence-electron chi connectivity index (χ2n) is 4.22. The summed E-state index contributed by atoms with van der Waals surface area (Å²) in [5, 5.41) is 8.86. The maximum atomic E-state index is 8.86. The van der Waals surface area contributed by atoms with E-state index >= 15 is 0 Å². The van der Waals surface area contributed by atoms with Gasteiger partial charge in [0, 0.05) is 6.54 Å². The molecule has 0 aromatic heterocycles. The topological polar surface area (TPSA) is 27.0 Å². The molecule has 1 aliphatic heterocycles. The van der Waals surface area contributed by atoms with E-state index in [2.05, 4.69) is 34.0 Å². The molecule has 3 heteroatoms. The summed E-state index contributed by atoms with van der Waals surface area (Å²) in [7, 11) is 2.65. The highest BCUT2D eigenvalue weighted by molar-refractivity contribution is 7.13. The van der Waals surface area contributed by atoms with Crippen LogP contribution >= 0.6 is 9.39 Å². The van der Waals surface area contributed by atoms with Crippen molar-refractivity contribution in [2.75, 3.05) is 6.54 Å². The molecule has 0 amide bonds. The van der Waals surface area contributed by atoms with Crippen LogP contribution in [0.2, 0.25) is 0 Å². The summed E-state index contributed by atoms with van der Waals surface area (Å²) >= 11 is 0. The van der Waals surface area contributed by atoms with Gasteiger partial charge in [0.1, 0.15) is 6.04 Å². The van der Waals surface area contributed by atoms with E-state index in [4.69, 9.17) is 5.26 Å². The summed E-state index contributed by atoms with van der Waals surface area (Å²) in [5.74, 6) is 1.40. The fourth-order valence-corrected chi connectivity index (χ4v) is 2.94. The van der Waals surface area contributed by atoms with Crippen molar-refractivity contribution >= 4 is 9.39 Å². The van der Waals surface area contributed by atoms with Gasteiger partial charge in [0.25, 0.3) is 0 Å². The number of fused-ring (bicyclic) bond motifs is 1. The van der Waals surface area contributed by atoms with Crippen LogP contribution in [0, 0.1) is 28.6 Å². The van der Waals surface area contributed by atoms with Crippen molar-refractivity contribution in [1.29, 1.82) is 5.26 Å². The third-order valence-corrected chi connectivity index (χ3v) is 3.91. The Bertz CT molecular complexity index is 231. The number of nitriles is 1. The van der Waals surface area contributed by atoms with Crippen LogP contribution in [0.1, 0.15) is 13.8 Å². The van der Waals surface area contributed by atoms with Gasteiger partial charge in [0.15, 0.2) is 0 Å². The first kappa shape index (κ1) is 7.53. The van der Waals surface area contributed by atoms with Crippen LogP contribution in [0.3, 0.4) is 0 Å². The van der Waals surface area contributed by atoms with Crippen LogP contribution in [0.5, 0.6) is 0 Å². The minimum absolute atomic E-state index is 0.153. The van der Waals surface area contributed by atoms with E-state index in [9.17, 15) is 0 Å². The lowest BCUT2D eigenvalue weighted by molar-refractivity contribution is 0.347. The molecule has 0 aromatic carbocycles. The van der Waals surface area contributed by atoms with Crippen LogP contribution < -0.4 is 0 Å². The van der Waals surface area contributed by atoms with Gasteiger partial charge >= 0.3 is 0 Å². The molecular formula is C8H13N2P. The lowest BCUT2D eigenvalue weighted by Crippen LogP contribution is -2.26. The van der Waals surface area contributed by atoms with E-state index in [1.165, 1.54) is 0 Å². The molecule has 0 N–H and O–H groups in total. The van der Waals surface area contributed by atoms with Crippen molar-refractivity contribution in [1.82, 2.24) is 4.67 Å². The molecule has 1 aliphatic carbocycles. The molecule has 0 bridgehead atoms. The zero-order chi connectivity index (χ0) is 8.22. The highest BCUT2D eigenvalue weighted by Gasteiger charge is 2.66. The minimum atomic E-state index is 0.153. The standard InChI is InChI=1S/C8H13N2P/c1-8(2)5-4-10(11)6(3-9)7(5)8/h5-7H,4,11H2,1-2H3/t5-,6+,7-/m0/s1. The zero-order valence-electron chi connectivity index (χ0n) is 6.91. The molecule has 4 atom stereocenters. The molecule has 1 heterocycles. The molecule has 1 saturated heterocycles. The van der Waals surface area contributed by atoms with Gasteiger partial charge in [0.05, 0.1) is 6.07 Å². The summed E-state index contributed by atoms with van der Waals surface area (Å²) in [6, 6.07) is 2.52. The molecule has 60 valence electrons. The molecule has 2 fully saturated rings. The molecule has 1 saturated carbocycles. The van der Waals surface area contributed by atoms with Gasteiger partial charge in [-0.25, -0.2) is 0 Å². The predicted molar refractivity (Wildman–Crippen MR) is 46.6 cm³/mol. The fourth-order valence-electron chi connectivity index (χ4n) is 2.46. The van der Waals surface area contributed by atoms with E-state index in [0.717, 1.165) is 12.5 Å². The van der Waals surface area contributed by atoms with Crippen molar-refractivity contribution in [3.63, 3.8) is 0 Å². The summed E-state index contributed by atoms with van der Waals surface area (Å²) in [6.45, 7) is 5.62. The quantitative estimate of drug-likeness (QED) is 0.509. The Labute approximate surface area is 69.8 Å². The molecule has 2 aliphatic rings. The number of hydrogen-bond donors (Lipinski definition) is 0. The smallest absolute Gasteiger partial charge is 0.104 e. The number of nitrogens with zero attached hydrogens (tertiary/aromatic N) is 2. The van der Waals surface area contributed by atoms with Crippen molar-refractivity contribution < 1.29 is 0 Å². The lowest BCUT2D eigenvalue weighted by atomic mass is 10.0. The van der Waals surface area contributed by atoms with Crippen LogP contribution in [0.4, 0.5) is 0 Å². The van der Waals surface area contributed by atoms with E-state index in [1.807, 2.05) is 0 Å². The Kier molecular flexibility index (Phi) is 1.35. The Morgan fingerprint density at radius 2 is 2.27 bits per heavy atom. The number of rotatable bonds is 0. The van der Waals surface area contributed by atoms with Crippen molar-refractivity contribution in [2.45, 2.75) is 19.9 Å². The van der Waals surface area contributed by atoms with Crippen LogP contribution in [0.15, 0.2) is 0 Å². The van der Waals surface area contributed by atoms with Gasteiger partial charge in [0.2, 0.25) is 0 Å². The van der Waals surface area contributed by atoms with Crippen LogP contribution in [-0.4, -0.2) is 17.3 Å². The van der Waals surface area contributed by atoms with Gasteiger partial charge in [-0.05, 0) is 17.3 Å². The molecule has 0 aromatic rings. The molecule has 0 radical (unpaired) electrons. The molecule has 2 nitrogen and oxygen atoms in total. The van der Waals surface area contributed by atoms with E-state index in [-0.39, 0.29) is 6.04 Å². The third-order valence-electron chi connectivity index (χ3n) is 3.38. The average Bonchev–Trinajstić information content (AvgIpc) is 2.38. The third kappa shape index (κ3) is 0.789. The SMILES string of the molecule is CC1(C)[C@@H]2[C@@H](C#N)N(P)C[C@@H]21. The normalized spacial score (nSPS) is 46.5. The van der Waals surface area contributed by atoms with Gasteiger partial charge in [-0.2, -0.15) is 5.26 Å². The van der Waals surface area contributed by atoms with Gasteiger partial charge in [-0.1, -0.05) is 23.2 Å². The van der Waals surface area contributed by atoms with Gasteiger partial charge in [-0.3, -0.25) is 4.67 Å². The first-order valence-electron chi connectivity index (χ1n) is 4.00.